The molecule has 0 radical (unpaired) electrons. The van der Waals surface area contributed by atoms with E-state index in [9.17, 15) is 4.79 Å². The largest absolute Gasteiger partial charge is 0.391 e. The molecule has 0 heterocycles. The Balaban J connectivity index is 2.20. The van der Waals surface area contributed by atoms with Gasteiger partial charge in [-0.3, -0.25) is 4.79 Å². The molecular formula is C12H16N2O2. The van der Waals surface area contributed by atoms with Gasteiger partial charge < -0.3 is 10.2 Å². The first-order valence-electron chi connectivity index (χ1n) is 5.30. The Kier molecular flexibility index (Phi) is 5.70. The lowest BCUT2D eigenvalue weighted by Crippen LogP contribution is -2.24. The second-order valence-electron chi connectivity index (χ2n) is 3.28. The highest BCUT2D eigenvalue weighted by Crippen LogP contribution is 1.99. The van der Waals surface area contributed by atoms with E-state index in [1.807, 2.05) is 37.3 Å². The van der Waals surface area contributed by atoms with Gasteiger partial charge in [0.2, 0.25) is 0 Å². The summed E-state index contributed by atoms with van der Waals surface area (Å²) < 4.78 is 0. The number of rotatable bonds is 6. The molecule has 0 unspecified atom stereocenters. The van der Waals surface area contributed by atoms with Crippen LogP contribution in [-0.2, 0) is 16.2 Å². The highest BCUT2D eigenvalue weighted by atomic mass is 16.6. The summed E-state index contributed by atoms with van der Waals surface area (Å²) in [7, 11) is 0. The van der Waals surface area contributed by atoms with E-state index >= 15 is 0 Å². The summed E-state index contributed by atoms with van der Waals surface area (Å²) in [6.45, 7) is 3.02. The molecule has 0 fully saturated rings. The average Bonchev–Trinajstić information content (AvgIpc) is 2.33. The molecule has 1 aromatic carbocycles. The van der Waals surface area contributed by atoms with Gasteiger partial charge in [0.15, 0.2) is 0 Å². The lowest BCUT2D eigenvalue weighted by molar-refractivity contribution is -0.114. The maximum Gasteiger partial charge on any atom is 0.265 e. The van der Waals surface area contributed by atoms with Crippen molar-refractivity contribution in [1.82, 2.24) is 5.32 Å². The summed E-state index contributed by atoms with van der Waals surface area (Å²) >= 11 is 0. The minimum Gasteiger partial charge on any atom is -0.391 e. The van der Waals surface area contributed by atoms with Crippen molar-refractivity contribution in [3.63, 3.8) is 0 Å². The monoisotopic (exact) mass is 220 g/mol. The highest BCUT2D eigenvalue weighted by molar-refractivity contribution is 6.26. The molecule has 0 aliphatic carbocycles. The minimum absolute atomic E-state index is 0.227. The van der Waals surface area contributed by atoms with E-state index in [1.54, 1.807) is 0 Å². The second-order valence-corrected chi connectivity index (χ2v) is 3.28. The molecule has 1 amide bonds. The van der Waals surface area contributed by atoms with Gasteiger partial charge in [0.1, 0.15) is 12.8 Å². The summed E-state index contributed by atoms with van der Waals surface area (Å²) in [5.74, 6) is -0.227. The summed E-state index contributed by atoms with van der Waals surface area (Å²) in [5, 5.41) is 6.25. The van der Waals surface area contributed by atoms with Gasteiger partial charge >= 0.3 is 0 Å². The van der Waals surface area contributed by atoms with E-state index in [-0.39, 0.29) is 5.91 Å². The molecule has 1 N–H and O–H groups in total. The number of carbonyl (C=O) groups excluding carboxylic acids is 1. The molecule has 4 nitrogen and oxygen atoms in total. The van der Waals surface area contributed by atoms with Crippen LogP contribution in [-0.4, -0.2) is 18.7 Å². The molecule has 0 aliphatic rings. The van der Waals surface area contributed by atoms with Gasteiger partial charge in [-0.15, -0.1) is 0 Å². The van der Waals surface area contributed by atoms with Crippen LogP contribution in [0.3, 0.4) is 0 Å². The van der Waals surface area contributed by atoms with Gasteiger partial charge in [-0.25, -0.2) is 0 Å². The highest BCUT2D eigenvalue weighted by Gasteiger charge is 1.94. The van der Waals surface area contributed by atoms with E-state index in [0.29, 0.717) is 13.2 Å². The number of oxime groups is 1. The lowest BCUT2D eigenvalue weighted by atomic mass is 10.2. The fourth-order valence-electron chi connectivity index (χ4n) is 1.07. The van der Waals surface area contributed by atoms with E-state index in [0.717, 1.165) is 18.2 Å². The third-order valence-electron chi connectivity index (χ3n) is 1.87. The van der Waals surface area contributed by atoms with E-state index in [2.05, 4.69) is 10.5 Å². The van der Waals surface area contributed by atoms with Gasteiger partial charge in [0.05, 0.1) is 0 Å². The Morgan fingerprint density at radius 2 is 2.19 bits per heavy atom. The normalized spacial score (nSPS) is 10.3. The van der Waals surface area contributed by atoms with Crippen LogP contribution in [0, 0.1) is 0 Å². The molecule has 16 heavy (non-hydrogen) atoms. The quantitative estimate of drug-likeness (QED) is 0.586. The van der Waals surface area contributed by atoms with Crippen LogP contribution < -0.4 is 5.32 Å². The van der Waals surface area contributed by atoms with Crippen LogP contribution in [0.2, 0.25) is 0 Å². The van der Waals surface area contributed by atoms with E-state index < -0.39 is 0 Å². The van der Waals surface area contributed by atoms with Gasteiger partial charge in [-0.2, -0.15) is 0 Å². The molecule has 4 heteroatoms. The van der Waals surface area contributed by atoms with Crippen molar-refractivity contribution < 1.29 is 9.63 Å². The van der Waals surface area contributed by atoms with Gasteiger partial charge in [-0.05, 0) is 12.0 Å². The number of nitrogens with one attached hydrogen (secondary N) is 1. The van der Waals surface area contributed by atoms with Gasteiger partial charge in [-0.1, -0.05) is 42.4 Å². The van der Waals surface area contributed by atoms with Crippen LogP contribution in [0.1, 0.15) is 18.9 Å². The van der Waals surface area contributed by atoms with Crippen molar-refractivity contribution >= 4 is 12.1 Å². The molecule has 0 saturated heterocycles. The zero-order chi connectivity index (χ0) is 11.6. The number of hydrogen-bond acceptors (Lipinski definition) is 3. The van der Waals surface area contributed by atoms with E-state index in [4.69, 9.17) is 4.84 Å². The Bertz CT molecular complexity index is 336. The Morgan fingerprint density at radius 3 is 2.88 bits per heavy atom. The van der Waals surface area contributed by atoms with Crippen LogP contribution in [0.25, 0.3) is 0 Å². The first kappa shape index (κ1) is 12.2. The third kappa shape index (κ3) is 5.14. The van der Waals surface area contributed by atoms with Crippen molar-refractivity contribution in [2.45, 2.75) is 20.0 Å². The summed E-state index contributed by atoms with van der Waals surface area (Å²) in [4.78, 5) is 16.1. The SMILES string of the molecule is CCCNC(=O)/C=N/OCc1ccccc1. The zero-order valence-corrected chi connectivity index (χ0v) is 9.35. The first-order valence-corrected chi connectivity index (χ1v) is 5.30. The molecule has 0 atom stereocenters. The fraction of sp³-hybridized carbons (Fsp3) is 0.333. The number of carbonyl (C=O) groups is 1. The smallest absolute Gasteiger partial charge is 0.265 e. The Labute approximate surface area is 95.3 Å². The Hall–Kier alpha value is -1.84. The fourth-order valence-corrected chi connectivity index (χ4v) is 1.07. The number of hydrogen-bond donors (Lipinski definition) is 1. The number of amides is 1. The predicted octanol–water partition coefficient (Wildman–Crippen LogP) is 1.72. The molecule has 0 bridgehead atoms. The molecule has 0 aliphatic heterocycles. The van der Waals surface area contributed by atoms with Gasteiger partial charge in [0.25, 0.3) is 5.91 Å². The molecule has 0 aromatic heterocycles. The van der Waals surface area contributed by atoms with Crippen LogP contribution >= 0.6 is 0 Å². The average molecular weight is 220 g/mol. The lowest BCUT2D eigenvalue weighted by Gasteiger charge is -1.99. The van der Waals surface area contributed by atoms with Crippen molar-refractivity contribution in [3.05, 3.63) is 35.9 Å². The number of nitrogens with zero attached hydrogens (tertiary/aromatic N) is 1. The van der Waals surface area contributed by atoms with Crippen LogP contribution in [0.4, 0.5) is 0 Å². The molecular weight excluding hydrogens is 204 g/mol. The topological polar surface area (TPSA) is 50.7 Å². The van der Waals surface area contributed by atoms with Gasteiger partial charge in [0, 0.05) is 6.54 Å². The minimum atomic E-state index is -0.227. The molecule has 1 rings (SSSR count). The number of benzene rings is 1. The molecule has 0 spiro atoms. The zero-order valence-electron chi connectivity index (χ0n) is 9.35. The summed E-state index contributed by atoms with van der Waals surface area (Å²) in [6.07, 6.45) is 2.06. The van der Waals surface area contributed by atoms with Crippen LogP contribution in [0.15, 0.2) is 35.5 Å². The maximum atomic E-state index is 11.1. The maximum absolute atomic E-state index is 11.1. The third-order valence-corrected chi connectivity index (χ3v) is 1.87. The predicted molar refractivity (Wildman–Crippen MR) is 63.0 cm³/mol. The summed E-state index contributed by atoms with van der Waals surface area (Å²) in [6, 6.07) is 9.66. The van der Waals surface area contributed by atoms with Crippen molar-refractivity contribution in [3.8, 4) is 0 Å². The summed E-state index contributed by atoms with van der Waals surface area (Å²) in [5.41, 5.74) is 1.02. The standard InChI is InChI=1S/C12H16N2O2/c1-2-8-13-12(15)9-14-16-10-11-6-4-3-5-7-11/h3-7,9H,2,8,10H2,1H3,(H,13,15)/b14-9+. The second kappa shape index (κ2) is 7.45. The van der Waals surface area contributed by atoms with E-state index in [1.165, 1.54) is 0 Å². The van der Waals surface area contributed by atoms with Crippen molar-refractivity contribution in [2.75, 3.05) is 6.54 Å². The first-order chi connectivity index (χ1) is 7.83. The Morgan fingerprint density at radius 1 is 1.44 bits per heavy atom. The molecule has 1 aromatic rings. The van der Waals surface area contributed by atoms with Crippen molar-refractivity contribution in [2.24, 2.45) is 5.16 Å². The van der Waals surface area contributed by atoms with Crippen LogP contribution in [0.5, 0.6) is 0 Å². The van der Waals surface area contributed by atoms with Crippen molar-refractivity contribution in [1.29, 1.82) is 0 Å². The molecule has 86 valence electrons. The molecule has 0 saturated carbocycles.